The van der Waals surface area contributed by atoms with E-state index in [0.717, 1.165) is 11.4 Å². The van der Waals surface area contributed by atoms with Crippen LogP contribution in [0.3, 0.4) is 0 Å². The topological polar surface area (TPSA) is 38.0 Å². The molecule has 2 rings (SSSR count). The predicted molar refractivity (Wildman–Crippen MR) is 73.1 cm³/mol. The van der Waals surface area contributed by atoms with E-state index in [4.69, 9.17) is 23.2 Å². The molecule has 1 N–H and O–H groups in total. The maximum absolute atomic E-state index is 10.2. The first-order valence-electron chi connectivity index (χ1n) is 5.62. The van der Waals surface area contributed by atoms with Crippen LogP contribution in [0.5, 0.6) is 0 Å². The molecular weight excluding hydrogens is 271 g/mol. The fraction of sp³-hybridized carbons (Fsp3) is 0.308. The Morgan fingerprint density at radius 1 is 1.28 bits per heavy atom. The Morgan fingerprint density at radius 3 is 2.39 bits per heavy atom. The highest BCUT2D eigenvalue weighted by Gasteiger charge is 2.17. The second kappa shape index (κ2) is 5.31. The van der Waals surface area contributed by atoms with Gasteiger partial charge >= 0.3 is 0 Å². The largest absolute Gasteiger partial charge is 0.386 e. The second-order valence-corrected chi connectivity index (χ2v) is 5.07. The molecule has 1 heterocycles. The number of aromatic nitrogens is 2. The van der Waals surface area contributed by atoms with Crippen LogP contribution < -0.4 is 0 Å². The number of nitrogens with zero attached hydrogens (tertiary/aromatic N) is 2. The first-order chi connectivity index (χ1) is 8.49. The van der Waals surface area contributed by atoms with Gasteiger partial charge in [-0.25, -0.2) is 0 Å². The Labute approximate surface area is 116 Å². The highest BCUT2D eigenvalue weighted by atomic mass is 35.5. The number of hydrogen-bond donors (Lipinski definition) is 1. The zero-order valence-electron chi connectivity index (χ0n) is 10.2. The van der Waals surface area contributed by atoms with Crippen molar-refractivity contribution in [3.63, 3.8) is 0 Å². The van der Waals surface area contributed by atoms with Crippen molar-refractivity contribution >= 4 is 23.2 Å². The molecule has 3 nitrogen and oxygen atoms in total. The van der Waals surface area contributed by atoms with E-state index in [1.54, 1.807) is 22.9 Å². The van der Waals surface area contributed by atoms with Crippen LogP contribution in [0.2, 0.25) is 10.0 Å². The Balaban J connectivity index is 2.27. The minimum atomic E-state index is -0.774. The molecule has 1 aromatic heterocycles. The average molecular weight is 285 g/mol. The van der Waals surface area contributed by atoms with Gasteiger partial charge in [-0.3, -0.25) is 4.68 Å². The summed E-state index contributed by atoms with van der Waals surface area (Å²) in [6.45, 7) is 4.20. The summed E-state index contributed by atoms with van der Waals surface area (Å²) in [7, 11) is 0. The predicted octanol–water partition coefficient (Wildman–Crippen LogP) is 3.54. The molecule has 5 heteroatoms. The third-order valence-electron chi connectivity index (χ3n) is 2.78. The first-order valence-corrected chi connectivity index (χ1v) is 6.37. The molecule has 0 bridgehead atoms. The van der Waals surface area contributed by atoms with Crippen LogP contribution in [0.4, 0.5) is 0 Å². The quantitative estimate of drug-likeness (QED) is 0.936. The molecule has 0 aliphatic rings. The maximum atomic E-state index is 10.2. The summed E-state index contributed by atoms with van der Waals surface area (Å²) >= 11 is 12.1. The molecule has 0 fully saturated rings. The van der Waals surface area contributed by atoms with Crippen molar-refractivity contribution in [1.29, 1.82) is 0 Å². The summed E-state index contributed by atoms with van der Waals surface area (Å²) in [4.78, 5) is 0. The van der Waals surface area contributed by atoms with E-state index >= 15 is 0 Å². The fourth-order valence-electron chi connectivity index (χ4n) is 1.94. The van der Waals surface area contributed by atoms with Crippen LogP contribution >= 0.6 is 23.2 Å². The van der Waals surface area contributed by atoms with E-state index in [2.05, 4.69) is 5.10 Å². The van der Waals surface area contributed by atoms with Crippen molar-refractivity contribution in [1.82, 2.24) is 9.78 Å². The molecule has 0 spiro atoms. The second-order valence-electron chi connectivity index (χ2n) is 4.26. The van der Waals surface area contributed by atoms with Crippen LogP contribution in [0.15, 0.2) is 24.3 Å². The molecule has 18 heavy (non-hydrogen) atoms. The molecule has 0 saturated heterocycles. The van der Waals surface area contributed by atoms with Gasteiger partial charge in [-0.05, 0) is 32.0 Å². The van der Waals surface area contributed by atoms with Crippen molar-refractivity contribution in [2.45, 2.75) is 26.5 Å². The van der Waals surface area contributed by atoms with Gasteiger partial charge in [0.1, 0.15) is 6.10 Å². The van der Waals surface area contributed by atoms with Gasteiger partial charge in [0.25, 0.3) is 0 Å². The molecule has 0 aliphatic heterocycles. The van der Waals surface area contributed by atoms with Gasteiger partial charge in [-0.1, -0.05) is 29.3 Å². The number of aliphatic hydroxyl groups excluding tert-OH is 1. The Hall–Kier alpha value is -1.03. The molecule has 0 amide bonds. The molecule has 1 aromatic carbocycles. The van der Waals surface area contributed by atoms with Crippen LogP contribution in [-0.4, -0.2) is 14.9 Å². The molecule has 0 radical (unpaired) electrons. The van der Waals surface area contributed by atoms with Gasteiger partial charge in [0.15, 0.2) is 0 Å². The normalized spacial score (nSPS) is 12.7. The van der Waals surface area contributed by atoms with E-state index in [0.29, 0.717) is 22.2 Å². The minimum absolute atomic E-state index is 0.336. The van der Waals surface area contributed by atoms with Crippen LogP contribution in [0, 0.1) is 13.8 Å². The Kier molecular flexibility index (Phi) is 3.95. The number of hydrogen-bond acceptors (Lipinski definition) is 2. The Morgan fingerprint density at radius 2 is 1.89 bits per heavy atom. The molecule has 96 valence electrons. The minimum Gasteiger partial charge on any atom is -0.386 e. The summed E-state index contributed by atoms with van der Waals surface area (Å²) in [5.74, 6) is 0. The third kappa shape index (κ3) is 2.69. The Bertz CT molecular complexity index is 546. The van der Waals surface area contributed by atoms with Gasteiger partial charge in [-0.2, -0.15) is 5.10 Å². The van der Waals surface area contributed by atoms with Crippen LogP contribution in [0.25, 0.3) is 0 Å². The molecular formula is C13H14Cl2N2O. The van der Waals surface area contributed by atoms with E-state index < -0.39 is 6.10 Å². The summed E-state index contributed by atoms with van der Waals surface area (Å²) < 4.78 is 1.75. The summed E-state index contributed by atoms with van der Waals surface area (Å²) in [6, 6.07) is 7.14. The summed E-state index contributed by atoms with van der Waals surface area (Å²) in [6.07, 6.45) is -0.774. The number of rotatable bonds is 3. The zero-order chi connectivity index (χ0) is 13.3. The molecule has 2 aromatic rings. The van der Waals surface area contributed by atoms with Crippen molar-refractivity contribution in [3.05, 3.63) is 51.3 Å². The molecule has 0 saturated carbocycles. The summed E-state index contributed by atoms with van der Waals surface area (Å²) in [5, 5.41) is 15.5. The standard InChI is InChI=1S/C13H14Cl2N2O/c1-8-6-9(2)17(16-8)7-12(18)13-10(14)4-3-5-11(13)15/h3-6,12,18H,7H2,1-2H3. The number of aryl methyl sites for hydroxylation is 2. The number of benzene rings is 1. The van der Waals surface area contributed by atoms with Crippen molar-refractivity contribution in [3.8, 4) is 0 Å². The summed E-state index contributed by atoms with van der Waals surface area (Å²) in [5.41, 5.74) is 2.47. The van der Waals surface area contributed by atoms with Gasteiger partial charge in [0.2, 0.25) is 0 Å². The van der Waals surface area contributed by atoms with Crippen molar-refractivity contribution in [2.24, 2.45) is 0 Å². The van der Waals surface area contributed by atoms with Crippen LogP contribution in [-0.2, 0) is 6.54 Å². The number of halogens is 2. The average Bonchev–Trinajstić information content (AvgIpc) is 2.57. The lowest BCUT2D eigenvalue weighted by molar-refractivity contribution is 0.150. The van der Waals surface area contributed by atoms with Gasteiger partial charge in [0.05, 0.1) is 12.2 Å². The van der Waals surface area contributed by atoms with E-state index in [9.17, 15) is 5.11 Å². The van der Waals surface area contributed by atoms with Crippen LogP contribution in [0.1, 0.15) is 23.1 Å². The highest BCUT2D eigenvalue weighted by Crippen LogP contribution is 2.31. The van der Waals surface area contributed by atoms with E-state index in [1.165, 1.54) is 0 Å². The number of aliphatic hydroxyl groups is 1. The first kappa shape index (κ1) is 13.4. The lowest BCUT2D eigenvalue weighted by Crippen LogP contribution is -2.12. The SMILES string of the molecule is Cc1cc(C)n(CC(O)c2c(Cl)cccc2Cl)n1. The molecule has 1 unspecified atom stereocenters. The lowest BCUT2D eigenvalue weighted by Gasteiger charge is -2.15. The van der Waals surface area contributed by atoms with Gasteiger partial charge in [-0.15, -0.1) is 0 Å². The smallest absolute Gasteiger partial charge is 0.101 e. The highest BCUT2D eigenvalue weighted by molar-refractivity contribution is 6.36. The van der Waals surface area contributed by atoms with E-state index in [1.807, 2.05) is 19.9 Å². The molecule has 0 aliphatic carbocycles. The molecule has 1 atom stereocenters. The van der Waals surface area contributed by atoms with Crippen molar-refractivity contribution < 1.29 is 5.11 Å². The van der Waals surface area contributed by atoms with Gasteiger partial charge < -0.3 is 5.11 Å². The monoisotopic (exact) mass is 284 g/mol. The van der Waals surface area contributed by atoms with Crippen molar-refractivity contribution in [2.75, 3.05) is 0 Å². The van der Waals surface area contributed by atoms with E-state index in [-0.39, 0.29) is 0 Å². The zero-order valence-corrected chi connectivity index (χ0v) is 11.7. The lowest BCUT2D eigenvalue weighted by atomic mass is 10.1. The maximum Gasteiger partial charge on any atom is 0.101 e. The van der Waals surface area contributed by atoms with Gasteiger partial charge in [0, 0.05) is 21.3 Å². The third-order valence-corrected chi connectivity index (χ3v) is 3.44. The fourth-order valence-corrected chi connectivity index (χ4v) is 2.59.